The first-order valence-electron chi connectivity index (χ1n) is 5.07. The second-order valence-corrected chi connectivity index (χ2v) is 3.81. The molecular formula is C11H18O2. The Morgan fingerprint density at radius 2 is 1.69 bits per heavy atom. The largest absolute Gasteiger partial charge is 0.381 e. The molecule has 0 aromatic rings. The molecule has 1 aliphatic rings. The van der Waals surface area contributed by atoms with Crippen LogP contribution in [0.15, 0.2) is 0 Å². The summed E-state index contributed by atoms with van der Waals surface area (Å²) in [6.45, 7) is 1.61. The van der Waals surface area contributed by atoms with Gasteiger partial charge in [0.15, 0.2) is 0 Å². The van der Waals surface area contributed by atoms with Crippen LogP contribution in [0, 0.1) is 17.8 Å². The molecule has 2 unspecified atom stereocenters. The summed E-state index contributed by atoms with van der Waals surface area (Å²) < 4.78 is 0. The Hall–Kier alpha value is -0.520. The van der Waals surface area contributed by atoms with Crippen LogP contribution in [-0.2, 0) is 0 Å². The normalized spacial score (nSPS) is 23.0. The molecule has 2 atom stereocenters. The molecule has 1 aliphatic carbocycles. The Balaban J connectivity index is 2.38. The van der Waals surface area contributed by atoms with Gasteiger partial charge in [0, 0.05) is 0 Å². The summed E-state index contributed by atoms with van der Waals surface area (Å²) in [5.74, 6) is 5.64. The van der Waals surface area contributed by atoms with Gasteiger partial charge >= 0.3 is 0 Å². The first-order chi connectivity index (χ1) is 6.20. The summed E-state index contributed by atoms with van der Waals surface area (Å²) in [5, 5.41) is 18.6. The minimum absolute atomic E-state index is 0.333. The molecule has 2 heteroatoms. The van der Waals surface area contributed by atoms with Crippen molar-refractivity contribution in [2.45, 2.75) is 51.2 Å². The van der Waals surface area contributed by atoms with Crippen LogP contribution in [0.3, 0.4) is 0 Å². The highest BCUT2D eigenvalue weighted by Gasteiger charge is 2.19. The zero-order valence-corrected chi connectivity index (χ0v) is 8.16. The second-order valence-electron chi connectivity index (χ2n) is 3.81. The maximum absolute atomic E-state index is 9.64. The fourth-order valence-electron chi connectivity index (χ4n) is 1.77. The van der Waals surface area contributed by atoms with E-state index < -0.39 is 12.2 Å². The van der Waals surface area contributed by atoms with Gasteiger partial charge in [-0.25, -0.2) is 0 Å². The lowest BCUT2D eigenvalue weighted by molar-refractivity contribution is 0.132. The monoisotopic (exact) mass is 182 g/mol. The Labute approximate surface area is 80.0 Å². The van der Waals surface area contributed by atoms with E-state index >= 15 is 0 Å². The van der Waals surface area contributed by atoms with Gasteiger partial charge in [0.05, 0.1) is 0 Å². The molecule has 0 aliphatic heterocycles. The molecule has 1 rings (SSSR count). The van der Waals surface area contributed by atoms with Gasteiger partial charge in [0.25, 0.3) is 0 Å². The lowest BCUT2D eigenvalue weighted by atomic mass is 9.85. The highest BCUT2D eigenvalue weighted by Crippen LogP contribution is 2.26. The Morgan fingerprint density at radius 3 is 2.23 bits per heavy atom. The molecule has 0 heterocycles. The second kappa shape index (κ2) is 5.26. The molecule has 0 radical (unpaired) electrons. The third kappa shape index (κ3) is 3.80. The molecule has 2 N–H and O–H groups in total. The minimum Gasteiger partial charge on any atom is -0.381 e. The Bertz CT molecular complexity index is 194. The van der Waals surface area contributed by atoms with E-state index in [1.54, 1.807) is 6.92 Å². The molecule has 0 amide bonds. The Morgan fingerprint density at radius 1 is 1.08 bits per heavy atom. The van der Waals surface area contributed by atoms with Crippen molar-refractivity contribution in [3.05, 3.63) is 0 Å². The number of hydrogen-bond acceptors (Lipinski definition) is 2. The van der Waals surface area contributed by atoms with Gasteiger partial charge in [-0.05, 0) is 25.7 Å². The summed E-state index contributed by atoms with van der Waals surface area (Å²) in [5.41, 5.74) is 0. The summed E-state index contributed by atoms with van der Waals surface area (Å²) >= 11 is 0. The van der Waals surface area contributed by atoms with Crippen molar-refractivity contribution >= 4 is 0 Å². The van der Waals surface area contributed by atoms with Gasteiger partial charge in [-0.15, -0.1) is 0 Å². The first-order valence-corrected chi connectivity index (χ1v) is 5.07. The summed E-state index contributed by atoms with van der Waals surface area (Å²) in [6.07, 6.45) is 4.70. The van der Waals surface area contributed by atoms with E-state index in [2.05, 4.69) is 11.8 Å². The number of aliphatic hydroxyl groups excluding tert-OH is 2. The lowest BCUT2D eigenvalue weighted by Gasteiger charge is -2.23. The standard InChI is InChI=1S/C11H18O2/c1-9(12)7-8-11(13)10-5-3-2-4-6-10/h9-13H,2-6H2,1H3. The third-order valence-electron chi connectivity index (χ3n) is 2.54. The van der Waals surface area contributed by atoms with E-state index in [0.29, 0.717) is 5.92 Å². The average molecular weight is 182 g/mol. The van der Waals surface area contributed by atoms with E-state index in [1.165, 1.54) is 19.3 Å². The predicted octanol–water partition coefficient (Wildman–Crippen LogP) is 1.31. The molecule has 2 nitrogen and oxygen atoms in total. The summed E-state index contributed by atoms with van der Waals surface area (Å²) in [4.78, 5) is 0. The highest BCUT2D eigenvalue weighted by atomic mass is 16.3. The number of rotatable bonds is 1. The topological polar surface area (TPSA) is 40.5 Å². The molecule has 0 aromatic carbocycles. The quantitative estimate of drug-likeness (QED) is 0.600. The van der Waals surface area contributed by atoms with Gasteiger partial charge in [-0.3, -0.25) is 0 Å². The van der Waals surface area contributed by atoms with E-state index in [4.69, 9.17) is 5.11 Å². The van der Waals surface area contributed by atoms with Crippen LogP contribution in [0.5, 0.6) is 0 Å². The lowest BCUT2D eigenvalue weighted by Crippen LogP contribution is -2.21. The average Bonchev–Trinajstić information content (AvgIpc) is 2.15. The van der Waals surface area contributed by atoms with Crippen molar-refractivity contribution in [3.8, 4) is 11.8 Å². The van der Waals surface area contributed by atoms with Crippen molar-refractivity contribution in [1.82, 2.24) is 0 Å². The van der Waals surface area contributed by atoms with Crippen LogP contribution in [0.25, 0.3) is 0 Å². The van der Waals surface area contributed by atoms with E-state index in [0.717, 1.165) is 12.8 Å². The van der Waals surface area contributed by atoms with Crippen molar-refractivity contribution < 1.29 is 10.2 Å². The molecule has 74 valence electrons. The zero-order chi connectivity index (χ0) is 9.68. The van der Waals surface area contributed by atoms with Crippen LogP contribution in [0.2, 0.25) is 0 Å². The van der Waals surface area contributed by atoms with Crippen molar-refractivity contribution in [3.63, 3.8) is 0 Å². The van der Waals surface area contributed by atoms with Crippen molar-refractivity contribution in [1.29, 1.82) is 0 Å². The SMILES string of the molecule is CC(O)C#CC(O)C1CCCCC1. The molecule has 0 bridgehead atoms. The first kappa shape index (κ1) is 10.6. The molecule has 0 saturated heterocycles. The van der Waals surface area contributed by atoms with E-state index in [9.17, 15) is 5.11 Å². The number of hydrogen-bond donors (Lipinski definition) is 2. The van der Waals surface area contributed by atoms with Gasteiger partial charge in [0.1, 0.15) is 12.2 Å². The summed E-state index contributed by atoms with van der Waals surface area (Å²) in [6, 6.07) is 0. The van der Waals surface area contributed by atoms with Crippen LogP contribution in [-0.4, -0.2) is 22.4 Å². The van der Waals surface area contributed by atoms with Crippen LogP contribution < -0.4 is 0 Å². The van der Waals surface area contributed by atoms with Crippen molar-refractivity contribution in [2.24, 2.45) is 5.92 Å². The third-order valence-corrected chi connectivity index (χ3v) is 2.54. The Kier molecular flexibility index (Phi) is 4.27. The van der Waals surface area contributed by atoms with Crippen LogP contribution >= 0.6 is 0 Å². The minimum atomic E-state index is -0.627. The maximum atomic E-state index is 9.64. The zero-order valence-electron chi connectivity index (χ0n) is 8.16. The van der Waals surface area contributed by atoms with E-state index in [1.807, 2.05) is 0 Å². The fourth-order valence-corrected chi connectivity index (χ4v) is 1.77. The number of aliphatic hydroxyl groups is 2. The molecule has 1 fully saturated rings. The van der Waals surface area contributed by atoms with E-state index in [-0.39, 0.29) is 0 Å². The smallest absolute Gasteiger partial charge is 0.117 e. The van der Waals surface area contributed by atoms with Gasteiger partial charge < -0.3 is 10.2 Å². The highest BCUT2D eigenvalue weighted by molar-refractivity contribution is 5.09. The van der Waals surface area contributed by atoms with Crippen LogP contribution in [0.4, 0.5) is 0 Å². The molecule has 1 saturated carbocycles. The van der Waals surface area contributed by atoms with Crippen molar-refractivity contribution in [2.75, 3.05) is 0 Å². The van der Waals surface area contributed by atoms with Gasteiger partial charge in [-0.1, -0.05) is 31.1 Å². The summed E-state index contributed by atoms with van der Waals surface area (Å²) in [7, 11) is 0. The molecular weight excluding hydrogens is 164 g/mol. The molecule has 13 heavy (non-hydrogen) atoms. The molecule has 0 spiro atoms. The van der Waals surface area contributed by atoms with Gasteiger partial charge in [0.2, 0.25) is 0 Å². The molecule has 0 aromatic heterocycles. The predicted molar refractivity (Wildman–Crippen MR) is 52.0 cm³/mol. The maximum Gasteiger partial charge on any atom is 0.117 e. The fraction of sp³-hybridized carbons (Fsp3) is 0.818. The van der Waals surface area contributed by atoms with Gasteiger partial charge in [-0.2, -0.15) is 0 Å². The van der Waals surface area contributed by atoms with Crippen LogP contribution in [0.1, 0.15) is 39.0 Å².